The van der Waals surface area contributed by atoms with Crippen LogP contribution >= 0.6 is 0 Å². The van der Waals surface area contributed by atoms with Crippen LogP contribution in [0, 0.1) is 5.92 Å². The number of hydrogen-bond acceptors (Lipinski definition) is 2. The van der Waals surface area contributed by atoms with Crippen molar-refractivity contribution in [3.05, 3.63) is 0 Å². The lowest BCUT2D eigenvalue weighted by atomic mass is 10.0. The van der Waals surface area contributed by atoms with Crippen molar-refractivity contribution in [2.75, 3.05) is 13.1 Å². The van der Waals surface area contributed by atoms with E-state index in [9.17, 15) is 0 Å². The van der Waals surface area contributed by atoms with E-state index in [2.05, 4.69) is 26.1 Å². The Morgan fingerprint density at radius 3 is 2.43 bits per heavy atom. The number of nitrogens with two attached hydrogens (primary N) is 1. The maximum atomic E-state index is 5.95. The predicted octanol–water partition coefficient (Wildman–Crippen LogP) is 2.53. The highest BCUT2D eigenvalue weighted by Crippen LogP contribution is 2.01. The van der Waals surface area contributed by atoms with Crippen LogP contribution in [0.25, 0.3) is 0 Å². The molecule has 0 aromatic heterocycles. The third kappa shape index (κ3) is 10.0. The third-order valence-corrected chi connectivity index (χ3v) is 2.39. The first-order chi connectivity index (χ1) is 6.66. The highest BCUT2D eigenvalue weighted by atomic mass is 14.9. The second kappa shape index (κ2) is 9.47. The van der Waals surface area contributed by atoms with Crippen molar-refractivity contribution in [2.24, 2.45) is 11.7 Å². The van der Waals surface area contributed by atoms with Crippen LogP contribution in [0.3, 0.4) is 0 Å². The summed E-state index contributed by atoms with van der Waals surface area (Å²) in [4.78, 5) is 0. The van der Waals surface area contributed by atoms with Gasteiger partial charge in [0.05, 0.1) is 0 Å². The molecule has 1 unspecified atom stereocenters. The minimum absolute atomic E-state index is 0.334. The van der Waals surface area contributed by atoms with Crippen molar-refractivity contribution < 1.29 is 0 Å². The minimum Gasteiger partial charge on any atom is -0.327 e. The summed E-state index contributed by atoms with van der Waals surface area (Å²) in [5.74, 6) is 0.715. The Labute approximate surface area is 89.6 Å². The Balaban J connectivity index is 3.10. The molecular formula is C12H28N2. The zero-order chi connectivity index (χ0) is 10.8. The average molecular weight is 200 g/mol. The van der Waals surface area contributed by atoms with Crippen molar-refractivity contribution in [3.63, 3.8) is 0 Å². The van der Waals surface area contributed by atoms with Gasteiger partial charge in [0.15, 0.2) is 0 Å². The lowest BCUT2D eigenvalue weighted by molar-refractivity contribution is 0.463. The third-order valence-electron chi connectivity index (χ3n) is 2.39. The molecule has 0 aliphatic heterocycles. The quantitative estimate of drug-likeness (QED) is 0.561. The van der Waals surface area contributed by atoms with Gasteiger partial charge in [-0.15, -0.1) is 0 Å². The van der Waals surface area contributed by atoms with Crippen LogP contribution in [0.2, 0.25) is 0 Å². The SMILES string of the molecule is CCCCCCNCC(N)CC(C)C. The molecule has 0 saturated heterocycles. The standard InChI is InChI=1S/C12H28N2/c1-4-5-6-7-8-14-10-12(13)9-11(2)3/h11-12,14H,4-10,13H2,1-3H3. The smallest absolute Gasteiger partial charge is 0.0167 e. The molecule has 0 heterocycles. The van der Waals surface area contributed by atoms with Crippen LogP contribution in [0.4, 0.5) is 0 Å². The Hall–Kier alpha value is -0.0800. The van der Waals surface area contributed by atoms with E-state index in [0.29, 0.717) is 12.0 Å². The summed E-state index contributed by atoms with van der Waals surface area (Å²) in [7, 11) is 0. The Bertz CT molecular complexity index is 113. The molecule has 1 atom stereocenters. The molecule has 14 heavy (non-hydrogen) atoms. The number of hydrogen-bond donors (Lipinski definition) is 2. The van der Waals surface area contributed by atoms with Crippen LogP contribution in [0.15, 0.2) is 0 Å². The van der Waals surface area contributed by atoms with Gasteiger partial charge in [-0.2, -0.15) is 0 Å². The highest BCUT2D eigenvalue weighted by molar-refractivity contribution is 4.66. The van der Waals surface area contributed by atoms with Gasteiger partial charge in [0.25, 0.3) is 0 Å². The largest absolute Gasteiger partial charge is 0.327 e. The predicted molar refractivity (Wildman–Crippen MR) is 64.4 cm³/mol. The van der Waals surface area contributed by atoms with Gasteiger partial charge in [-0.3, -0.25) is 0 Å². The summed E-state index contributed by atoms with van der Waals surface area (Å²) < 4.78 is 0. The van der Waals surface area contributed by atoms with E-state index in [1.807, 2.05) is 0 Å². The van der Waals surface area contributed by atoms with Gasteiger partial charge in [-0.1, -0.05) is 40.0 Å². The van der Waals surface area contributed by atoms with Gasteiger partial charge in [0, 0.05) is 12.6 Å². The van der Waals surface area contributed by atoms with E-state index >= 15 is 0 Å². The molecule has 0 amide bonds. The molecule has 0 aromatic carbocycles. The molecule has 0 aliphatic carbocycles. The van der Waals surface area contributed by atoms with Gasteiger partial charge in [-0.05, 0) is 25.3 Å². The molecule has 0 aromatic rings. The Morgan fingerprint density at radius 1 is 1.14 bits per heavy atom. The van der Waals surface area contributed by atoms with Gasteiger partial charge in [-0.25, -0.2) is 0 Å². The van der Waals surface area contributed by atoms with E-state index in [0.717, 1.165) is 19.5 Å². The molecule has 0 bridgehead atoms. The first-order valence-corrected chi connectivity index (χ1v) is 6.13. The van der Waals surface area contributed by atoms with Crippen molar-refractivity contribution in [1.29, 1.82) is 0 Å². The summed E-state index contributed by atoms with van der Waals surface area (Å²) in [6, 6.07) is 0.334. The van der Waals surface area contributed by atoms with E-state index in [1.54, 1.807) is 0 Å². The van der Waals surface area contributed by atoms with E-state index < -0.39 is 0 Å². The summed E-state index contributed by atoms with van der Waals surface area (Å²) >= 11 is 0. The summed E-state index contributed by atoms with van der Waals surface area (Å²) in [5.41, 5.74) is 5.95. The monoisotopic (exact) mass is 200 g/mol. The van der Waals surface area contributed by atoms with E-state index in [4.69, 9.17) is 5.73 Å². The lowest BCUT2D eigenvalue weighted by Gasteiger charge is -2.14. The number of nitrogens with one attached hydrogen (secondary N) is 1. The maximum absolute atomic E-state index is 5.95. The fourth-order valence-corrected chi connectivity index (χ4v) is 1.65. The van der Waals surface area contributed by atoms with Crippen molar-refractivity contribution in [2.45, 2.75) is 58.9 Å². The van der Waals surface area contributed by atoms with Crippen LogP contribution in [0.5, 0.6) is 0 Å². The zero-order valence-electron chi connectivity index (χ0n) is 10.2. The molecule has 0 fully saturated rings. The summed E-state index contributed by atoms with van der Waals surface area (Å²) in [6.45, 7) is 8.80. The van der Waals surface area contributed by atoms with E-state index in [1.165, 1.54) is 25.7 Å². The minimum atomic E-state index is 0.334. The van der Waals surface area contributed by atoms with Gasteiger partial charge in [0.2, 0.25) is 0 Å². The first kappa shape index (κ1) is 13.9. The fraction of sp³-hybridized carbons (Fsp3) is 1.00. The molecule has 0 spiro atoms. The summed E-state index contributed by atoms with van der Waals surface area (Å²) in [5, 5.41) is 3.42. The van der Waals surface area contributed by atoms with Crippen LogP contribution in [-0.2, 0) is 0 Å². The highest BCUT2D eigenvalue weighted by Gasteiger charge is 2.03. The molecule has 0 radical (unpaired) electrons. The molecule has 0 aliphatic rings. The molecular weight excluding hydrogens is 172 g/mol. The second-order valence-electron chi connectivity index (χ2n) is 4.65. The lowest BCUT2D eigenvalue weighted by Crippen LogP contribution is -2.35. The Kier molecular flexibility index (Phi) is 9.42. The maximum Gasteiger partial charge on any atom is 0.0167 e. The normalized spacial score (nSPS) is 13.5. The average Bonchev–Trinajstić information content (AvgIpc) is 2.10. The Morgan fingerprint density at radius 2 is 1.86 bits per heavy atom. The van der Waals surface area contributed by atoms with Gasteiger partial charge >= 0.3 is 0 Å². The molecule has 2 heteroatoms. The number of unbranched alkanes of at least 4 members (excludes halogenated alkanes) is 3. The van der Waals surface area contributed by atoms with E-state index in [-0.39, 0.29) is 0 Å². The van der Waals surface area contributed by atoms with Gasteiger partial charge < -0.3 is 11.1 Å². The van der Waals surface area contributed by atoms with Crippen LogP contribution < -0.4 is 11.1 Å². The first-order valence-electron chi connectivity index (χ1n) is 6.13. The molecule has 2 nitrogen and oxygen atoms in total. The molecule has 0 saturated carbocycles. The molecule has 86 valence electrons. The second-order valence-corrected chi connectivity index (χ2v) is 4.65. The van der Waals surface area contributed by atoms with Crippen molar-refractivity contribution in [1.82, 2.24) is 5.32 Å². The molecule has 3 N–H and O–H groups in total. The molecule has 0 rings (SSSR count). The fourth-order valence-electron chi connectivity index (χ4n) is 1.65. The topological polar surface area (TPSA) is 38.0 Å². The van der Waals surface area contributed by atoms with Gasteiger partial charge in [0.1, 0.15) is 0 Å². The van der Waals surface area contributed by atoms with Crippen LogP contribution in [-0.4, -0.2) is 19.1 Å². The van der Waals surface area contributed by atoms with Crippen molar-refractivity contribution in [3.8, 4) is 0 Å². The zero-order valence-corrected chi connectivity index (χ0v) is 10.2. The van der Waals surface area contributed by atoms with Crippen LogP contribution in [0.1, 0.15) is 52.9 Å². The van der Waals surface area contributed by atoms with Crippen molar-refractivity contribution >= 4 is 0 Å². The summed E-state index contributed by atoms with van der Waals surface area (Å²) in [6.07, 6.45) is 6.44. The number of rotatable bonds is 9.